The molecule has 0 radical (unpaired) electrons. The minimum Gasteiger partial charge on any atom is -0.465 e. The van der Waals surface area contributed by atoms with Gasteiger partial charge in [-0.3, -0.25) is 19.7 Å². The first-order chi connectivity index (χ1) is 15.4. The standard InChI is InChI=1S/C22H16ClN3O5S/c1-2-31-19(27)12-25-18-9-7-13-5-3-4-6-15(13)20(18)32-22(25)24-21(28)16-11-14(23)8-10-17(16)26(29)30/h3-11H,2,12H2,1H3. The molecule has 8 nitrogen and oxygen atoms in total. The highest BCUT2D eigenvalue weighted by atomic mass is 35.5. The zero-order valence-corrected chi connectivity index (χ0v) is 18.4. The van der Waals surface area contributed by atoms with Crippen molar-refractivity contribution in [2.75, 3.05) is 6.61 Å². The van der Waals surface area contributed by atoms with Crippen LogP contribution in [0.3, 0.4) is 0 Å². The predicted octanol–water partition coefficient (Wildman–Crippen LogP) is 4.72. The first-order valence-electron chi connectivity index (χ1n) is 9.58. The number of halogens is 1. The van der Waals surface area contributed by atoms with Crippen LogP contribution < -0.4 is 4.80 Å². The molecule has 0 spiro atoms. The molecule has 0 atom stereocenters. The first-order valence-corrected chi connectivity index (χ1v) is 10.8. The van der Waals surface area contributed by atoms with Gasteiger partial charge in [-0.2, -0.15) is 4.99 Å². The van der Waals surface area contributed by atoms with E-state index in [1.807, 2.05) is 36.4 Å². The summed E-state index contributed by atoms with van der Waals surface area (Å²) >= 11 is 7.17. The van der Waals surface area contributed by atoms with E-state index in [0.29, 0.717) is 5.52 Å². The van der Waals surface area contributed by atoms with Crippen molar-refractivity contribution in [1.82, 2.24) is 4.57 Å². The third-order valence-corrected chi connectivity index (χ3v) is 6.11. The number of amides is 1. The Morgan fingerprint density at radius 1 is 1.19 bits per heavy atom. The Morgan fingerprint density at radius 2 is 1.97 bits per heavy atom. The summed E-state index contributed by atoms with van der Waals surface area (Å²) in [5, 5.41) is 13.5. The third-order valence-electron chi connectivity index (χ3n) is 4.75. The maximum atomic E-state index is 12.9. The van der Waals surface area contributed by atoms with Gasteiger partial charge in [-0.05, 0) is 30.5 Å². The molecule has 0 N–H and O–H groups in total. The van der Waals surface area contributed by atoms with E-state index >= 15 is 0 Å². The number of thiazole rings is 1. The topological polar surface area (TPSA) is 104 Å². The number of nitro groups is 1. The molecule has 0 aliphatic carbocycles. The lowest BCUT2D eigenvalue weighted by Gasteiger charge is -2.06. The van der Waals surface area contributed by atoms with E-state index in [0.717, 1.165) is 21.5 Å². The lowest BCUT2D eigenvalue weighted by atomic mass is 10.1. The van der Waals surface area contributed by atoms with Gasteiger partial charge in [0.2, 0.25) is 0 Å². The van der Waals surface area contributed by atoms with E-state index in [-0.39, 0.29) is 28.5 Å². The molecule has 0 bridgehead atoms. The van der Waals surface area contributed by atoms with Crippen LogP contribution in [0.1, 0.15) is 17.3 Å². The molecule has 162 valence electrons. The van der Waals surface area contributed by atoms with E-state index in [1.165, 1.54) is 23.5 Å². The maximum Gasteiger partial charge on any atom is 0.326 e. The van der Waals surface area contributed by atoms with Gasteiger partial charge in [0.1, 0.15) is 12.1 Å². The second kappa shape index (κ2) is 8.89. The Bertz CT molecular complexity index is 1460. The van der Waals surface area contributed by atoms with E-state index in [9.17, 15) is 19.7 Å². The van der Waals surface area contributed by atoms with Crippen molar-refractivity contribution < 1.29 is 19.2 Å². The lowest BCUT2D eigenvalue weighted by Crippen LogP contribution is -2.23. The van der Waals surface area contributed by atoms with Gasteiger partial charge in [-0.15, -0.1) is 0 Å². The number of esters is 1. The minimum atomic E-state index is -0.826. The predicted molar refractivity (Wildman–Crippen MR) is 122 cm³/mol. The average molecular weight is 470 g/mol. The highest BCUT2D eigenvalue weighted by Crippen LogP contribution is 2.28. The van der Waals surface area contributed by atoms with Crippen molar-refractivity contribution in [1.29, 1.82) is 0 Å². The maximum absolute atomic E-state index is 12.9. The minimum absolute atomic E-state index is 0.157. The smallest absolute Gasteiger partial charge is 0.326 e. The molecule has 0 fully saturated rings. The Kier molecular flexibility index (Phi) is 6.02. The van der Waals surface area contributed by atoms with Crippen molar-refractivity contribution in [3.63, 3.8) is 0 Å². The van der Waals surface area contributed by atoms with Gasteiger partial charge >= 0.3 is 5.97 Å². The molecule has 0 saturated carbocycles. The normalized spacial score (nSPS) is 11.8. The fraction of sp³-hybridized carbons (Fsp3) is 0.136. The van der Waals surface area contributed by atoms with Crippen LogP contribution in [0.4, 0.5) is 5.69 Å². The summed E-state index contributed by atoms with van der Waals surface area (Å²) in [7, 11) is 0. The Balaban J connectivity index is 1.95. The summed E-state index contributed by atoms with van der Waals surface area (Å²) in [6.07, 6.45) is 0. The van der Waals surface area contributed by atoms with Gasteiger partial charge in [0.15, 0.2) is 4.80 Å². The van der Waals surface area contributed by atoms with Crippen LogP contribution in [0.5, 0.6) is 0 Å². The largest absolute Gasteiger partial charge is 0.465 e. The van der Waals surface area contributed by atoms with E-state index in [2.05, 4.69) is 4.99 Å². The van der Waals surface area contributed by atoms with E-state index in [1.54, 1.807) is 11.5 Å². The number of aromatic nitrogens is 1. The average Bonchev–Trinajstić information content (AvgIpc) is 3.11. The zero-order chi connectivity index (χ0) is 22.8. The van der Waals surface area contributed by atoms with Crippen LogP contribution >= 0.6 is 22.9 Å². The third kappa shape index (κ3) is 4.12. The van der Waals surface area contributed by atoms with Crippen LogP contribution in [-0.2, 0) is 16.1 Å². The van der Waals surface area contributed by atoms with Crippen molar-refractivity contribution in [2.45, 2.75) is 13.5 Å². The van der Waals surface area contributed by atoms with Crippen molar-refractivity contribution in [3.05, 3.63) is 80.1 Å². The summed E-state index contributed by atoms with van der Waals surface area (Å²) in [6.45, 7) is 1.76. The van der Waals surface area contributed by atoms with Crippen molar-refractivity contribution >= 4 is 61.5 Å². The Morgan fingerprint density at radius 3 is 2.72 bits per heavy atom. The number of benzene rings is 3. The SMILES string of the molecule is CCOC(=O)Cn1c(=NC(=O)c2cc(Cl)ccc2[N+](=O)[O-])sc2c3ccccc3ccc21. The fourth-order valence-corrected chi connectivity index (χ4v) is 4.69. The second-order valence-corrected chi connectivity index (χ2v) is 8.16. The van der Waals surface area contributed by atoms with Crippen LogP contribution in [0, 0.1) is 10.1 Å². The van der Waals surface area contributed by atoms with Crippen molar-refractivity contribution in [2.24, 2.45) is 4.99 Å². The van der Waals surface area contributed by atoms with Gasteiger partial charge < -0.3 is 9.30 Å². The molecule has 3 aromatic carbocycles. The molecule has 1 amide bonds. The lowest BCUT2D eigenvalue weighted by molar-refractivity contribution is -0.385. The van der Waals surface area contributed by atoms with Gasteiger partial charge in [0.05, 0.1) is 21.7 Å². The molecular formula is C22H16ClN3O5S. The van der Waals surface area contributed by atoms with E-state index in [4.69, 9.17) is 16.3 Å². The van der Waals surface area contributed by atoms with Crippen LogP contribution in [0.15, 0.2) is 59.6 Å². The number of nitrogens with zero attached hydrogens (tertiary/aromatic N) is 3. The molecule has 0 unspecified atom stereocenters. The molecule has 0 saturated heterocycles. The number of ether oxygens (including phenoxy) is 1. The molecule has 0 aliphatic heterocycles. The quantitative estimate of drug-likeness (QED) is 0.239. The van der Waals surface area contributed by atoms with Crippen molar-refractivity contribution in [3.8, 4) is 0 Å². The summed E-state index contributed by atoms with van der Waals surface area (Å²) in [5.74, 6) is -1.31. The first kappa shape index (κ1) is 21.7. The molecule has 4 aromatic rings. The highest BCUT2D eigenvalue weighted by molar-refractivity contribution is 7.17. The summed E-state index contributed by atoms with van der Waals surface area (Å²) < 4.78 is 7.49. The van der Waals surface area contributed by atoms with Gasteiger partial charge in [0, 0.05) is 16.5 Å². The Hall–Kier alpha value is -3.56. The monoisotopic (exact) mass is 469 g/mol. The number of fused-ring (bicyclic) bond motifs is 3. The number of carbonyl (C=O) groups excluding carboxylic acids is 2. The molecular weight excluding hydrogens is 454 g/mol. The molecule has 10 heteroatoms. The zero-order valence-electron chi connectivity index (χ0n) is 16.8. The molecule has 32 heavy (non-hydrogen) atoms. The molecule has 0 aliphatic rings. The Labute approximate surface area is 190 Å². The van der Waals surface area contributed by atoms with Gasteiger partial charge in [0.25, 0.3) is 11.6 Å². The summed E-state index contributed by atoms with van der Waals surface area (Å²) in [6, 6.07) is 15.2. The number of hydrogen-bond donors (Lipinski definition) is 0. The molecule has 1 aromatic heterocycles. The summed E-state index contributed by atoms with van der Waals surface area (Å²) in [5.41, 5.74) is 0.0769. The molecule has 4 rings (SSSR count). The second-order valence-electron chi connectivity index (χ2n) is 6.75. The fourth-order valence-electron chi connectivity index (χ4n) is 3.36. The number of hydrogen-bond acceptors (Lipinski definition) is 6. The van der Waals surface area contributed by atoms with E-state index < -0.39 is 22.5 Å². The number of carbonyl (C=O) groups is 2. The highest BCUT2D eigenvalue weighted by Gasteiger charge is 2.21. The van der Waals surface area contributed by atoms with Crippen LogP contribution in [0.25, 0.3) is 21.0 Å². The molecule has 1 heterocycles. The van der Waals surface area contributed by atoms with Crippen LogP contribution in [-0.4, -0.2) is 28.0 Å². The summed E-state index contributed by atoms with van der Waals surface area (Å²) in [4.78, 5) is 40.3. The number of rotatable bonds is 5. The van der Waals surface area contributed by atoms with Gasteiger partial charge in [-0.25, -0.2) is 0 Å². The van der Waals surface area contributed by atoms with Crippen LogP contribution in [0.2, 0.25) is 5.02 Å². The number of nitro benzene ring substituents is 1. The van der Waals surface area contributed by atoms with Gasteiger partial charge in [-0.1, -0.05) is 53.3 Å².